The Morgan fingerprint density at radius 3 is 2.75 bits per heavy atom. The third-order valence-electron chi connectivity index (χ3n) is 3.67. The fourth-order valence-corrected chi connectivity index (χ4v) is 2.44. The molecule has 0 fully saturated rings. The van der Waals surface area contributed by atoms with Gasteiger partial charge in [0.15, 0.2) is 0 Å². The number of urea groups is 1. The molecular formula is C15H20N2O3. The number of fused-ring (bicyclic) bond motifs is 1. The molecular weight excluding hydrogens is 256 g/mol. The van der Waals surface area contributed by atoms with E-state index in [1.807, 2.05) is 12.1 Å². The topological polar surface area (TPSA) is 69.6 Å². The zero-order chi connectivity index (χ0) is 14.7. The number of aliphatic carboxylic acids is 1. The Morgan fingerprint density at radius 1 is 1.35 bits per heavy atom. The molecule has 1 aromatic carbocycles. The van der Waals surface area contributed by atoms with Crippen LogP contribution < -0.4 is 5.32 Å². The van der Waals surface area contributed by atoms with Crippen molar-refractivity contribution in [2.24, 2.45) is 5.92 Å². The Labute approximate surface area is 118 Å². The smallest absolute Gasteiger partial charge is 0.321 e. The van der Waals surface area contributed by atoms with Crippen molar-refractivity contribution in [2.45, 2.75) is 26.2 Å². The molecule has 0 saturated carbocycles. The molecule has 1 atom stereocenters. The van der Waals surface area contributed by atoms with Gasteiger partial charge >= 0.3 is 12.0 Å². The van der Waals surface area contributed by atoms with E-state index in [1.54, 1.807) is 14.0 Å². The number of amides is 2. The summed E-state index contributed by atoms with van der Waals surface area (Å²) in [6, 6.07) is 5.68. The Morgan fingerprint density at radius 2 is 2.05 bits per heavy atom. The van der Waals surface area contributed by atoms with E-state index in [1.165, 1.54) is 22.4 Å². The first-order valence-electron chi connectivity index (χ1n) is 6.84. The molecule has 1 aromatic rings. The number of carbonyl (C=O) groups is 2. The highest BCUT2D eigenvalue weighted by Crippen LogP contribution is 2.24. The number of aryl methyl sites for hydroxylation is 2. The van der Waals surface area contributed by atoms with Crippen molar-refractivity contribution >= 4 is 17.7 Å². The average molecular weight is 276 g/mol. The lowest BCUT2D eigenvalue weighted by atomic mass is 10.1. The van der Waals surface area contributed by atoms with E-state index in [9.17, 15) is 9.59 Å². The van der Waals surface area contributed by atoms with Crippen molar-refractivity contribution in [1.82, 2.24) is 4.90 Å². The molecule has 20 heavy (non-hydrogen) atoms. The van der Waals surface area contributed by atoms with Gasteiger partial charge < -0.3 is 15.3 Å². The molecule has 0 spiro atoms. The molecule has 2 N–H and O–H groups in total. The third-order valence-corrected chi connectivity index (χ3v) is 3.67. The highest BCUT2D eigenvalue weighted by Gasteiger charge is 2.18. The number of nitrogens with zero attached hydrogens (tertiary/aromatic N) is 1. The summed E-state index contributed by atoms with van der Waals surface area (Å²) in [7, 11) is 1.60. The van der Waals surface area contributed by atoms with Crippen molar-refractivity contribution < 1.29 is 14.7 Å². The van der Waals surface area contributed by atoms with Gasteiger partial charge in [-0.15, -0.1) is 0 Å². The summed E-state index contributed by atoms with van der Waals surface area (Å²) < 4.78 is 0. The van der Waals surface area contributed by atoms with E-state index < -0.39 is 11.9 Å². The lowest BCUT2D eigenvalue weighted by Gasteiger charge is -2.20. The quantitative estimate of drug-likeness (QED) is 0.887. The normalized spacial score (nSPS) is 14.5. The van der Waals surface area contributed by atoms with Crippen molar-refractivity contribution in [3.8, 4) is 0 Å². The SMILES string of the molecule is CC(CN(C)C(=O)Nc1ccc2c(c1)CCC2)C(=O)O. The molecule has 0 radical (unpaired) electrons. The molecule has 5 nitrogen and oxygen atoms in total. The fraction of sp³-hybridized carbons (Fsp3) is 0.467. The second-order valence-corrected chi connectivity index (χ2v) is 5.39. The van der Waals surface area contributed by atoms with Crippen LogP contribution in [0.2, 0.25) is 0 Å². The maximum absolute atomic E-state index is 12.0. The van der Waals surface area contributed by atoms with E-state index >= 15 is 0 Å². The first kappa shape index (κ1) is 14.4. The lowest BCUT2D eigenvalue weighted by Crippen LogP contribution is -2.36. The first-order chi connectivity index (χ1) is 9.47. The summed E-state index contributed by atoms with van der Waals surface area (Å²) in [6.45, 7) is 1.77. The van der Waals surface area contributed by atoms with Crippen LogP contribution in [0.25, 0.3) is 0 Å². The van der Waals surface area contributed by atoms with Crippen LogP contribution in [0.15, 0.2) is 18.2 Å². The van der Waals surface area contributed by atoms with Crippen molar-refractivity contribution in [3.63, 3.8) is 0 Å². The zero-order valence-electron chi connectivity index (χ0n) is 11.8. The lowest BCUT2D eigenvalue weighted by molar-refractivity contribution is -0.141. The average Bonchev–Trinajstić information content (AvgIpc) is 2.85. The number of carboxylic acid groups (broad SMARTS) is 1. The number of carboxylic acids is 1. The number of hydrogen-bond acceptors (Lipinski definition) is 2. The molecule has 0 bridgehead atoms. The van der Waals surface area contributed by atoms with Gasteiger partial charge in [0.25, 0.3) is 0 Å². The summed E-state index contributed by atoms with van der Waals surface area (Å²) in [5.41, 5.74) is 3.42. The highest BCUT2D eigenvalue weighted by atomic mass is 16.4. The van der Waals surface area contributed by atoms with Gasteiger partial charge in [-0.05, 0) is 42.5 Å². The van der Waals surface area contributed by atoms with Crippen molar-refractivity contribution in [2.75, 3.05) is 18.9 Å². The van der Waals surface area contributed by atoms with Crippen LogP contribution in [0.4, 0.5) is 10.5 Å². The van der Waals surface area contributed by atoms with Crippen LogP contribution in [0, 0.1) is 5.92 Å². The molecule has 0 aromatic heterocycles. The van der Waals surface area contributed by atoms with E-state index in [0.29, 0.717) is 0 Å². The molecule has 1 unspecified atom stereocenters. The minimum Gasteiger partial charge on any atom is -0.481 e. The minimum absolute atomic E-state index is 0.187. The zero-order valence-corrected chi connectivity index (χ0v) is 11.8. The van der Waals surface area contributed by atoms with Gasteiger partial charge in [-0.1, -0.05) is 13.0 Å². The van der Waals surface area contributed by atoms with Crippen LogP contribution in [-0.4, -0.2) is 35.6 Å². The summed E-state index contributed by atoms with van der Waals surface area (Å²) in [6.07, 6.45) is 3.34. The van der Waals surface area contributed by atoms with Gasteiger partial charge in [-0.2, -0.15) is 0 Å². The Balaban J connectivity index is 1.95. The van der Waals surface area contributed by atoms with E-state index in [4.69, 9.17) is 5.11 Å². The minimum atomic E-state index is -0.901. The van der Waals surface area contributed by atoms with Crippen LogP contribution in [0.5, 0.6) is 0 Å². The van der Waals surface area contributed by atoms with Gasteiger partial charge in [-0.25, -0.2) is 4.79 Å². The molecule has 0 heterocycles. The van der Waals surface area contributed by atoms with Crippen LogP contribution in [0.1, 0.15) is 24.5 Å². The molecule has 1 aliphatic rings. The van der Waals surface area contributed by atoms with Gasteiger partial charge in [-0.3, -0.25) is 4.79 Å². The summed E-state index contributed by atoms with van der Waals surface area (Å²) >= 11 is 0. The van der Waals surface area contributed by atoms with Gasteiger partial charge in [0.1, 0.15) is 0 Å². The number of benzene rings is 1. The molecule has 2 rings (SSSR count). The van der Waals surface area contributed by atoms with Crippen LogP contribution >= 0.6 is 0 Å². The fourth-order valence-electron chi connectivity index (χ4n) is 2.44. The summed E-state index contributed by atoms with van der Waals surface area (Å²) in [5.74, 6) is -1.48. The van der Waals surface area contributed by atoms with E-state index in [0.717, 1.165) is 18.5 Å². The van der Waals surface area contributed by atoms with Gasteiger partial charge in [0.05, 0.1) is 5.92 Å². The predicted molar refractivity (Wildman–Crippen MR) is 76.9 cm³/mol. The molecule has 0 saturated heterocycles. The number of nitrogens with one attached hydrogen (secondary N) is 1. The molecule has 1 aliphatic carbocycles. The highest BCUT2D eigenvalue weighted by molar-refractivity contribution is 5.89. The number of carbonyl (C=O) groups excluding carboxylic acids is 1. The first-order valence-corrected chi connectivity index (χ1v) is 6.84. The maximum Gasteiger partial charge on any atom is 0.321 e. The Bertz CT molecular complexity index is 528. The largest absolute Gasteiger partial charge is 0.481 e. The van der Waals surface area contributed by atoms with Gasteiger partial charge in [0, 0.05) is 19.3 Å². The summed E-state index contributed by atoms with van der Waals surface area (Å²) in [4.78, 5) is 24.2. The molecule has 108 valence electrons. The second kappa shape index (κ2) is 5.94. The van der Waals surface area contributed by atoms with Crippen LogP contribution in [-0.2, 0) is 17.6 Å². The number of anilines is 1. The number of rotatable bonds is 4. The van der Waals surface area contributed by atoms with Crippen LogP contribution in [0.3, 0.4) is 0 Å². The van der Waals surface area contributed by atoms with Gasteiger partial charge in [0.2, 0.25) is 0 Å². The van der Waals surface area contributed by atoms with E-state index in [2.05, 4.69) is 11.4 Å². The molecule has 2 amide bonds. The predicted octanol–water partition coefficient (Wildman–Crippen LogP) is 2.36. The third kappa shape index (κ3) is 3.29. The summed E-state index contributed by atoms with van der Waals surface area (Å²) in [5, 5.41) is 11.7. The molecule has 0 aliphatic heterocycles. The van der Waals surface area contributed by atoms with Crippen molar-refractivity contribution in [1.29, 1.82) is 0 Å². The van der Waals surface area contributed by atoms with E-state index in [-0.39, 0.29) is 12.6 Å². The second-order valence-electron chi connectivity index (χ2n) is 5.39. The standard InChI is InChI=1S/C15H20N2O3/c1-10(14(18)19)9-17(2)15(20)16-13-7-6-11-4-3-5-12(11)8-13/h6-8,10H,3-5,9H2,1-2H3,(H,16,20)(H,18,19). The molecule has 5 heteroatoms. The monoisotopic (exact) mass is 276 g/mol. The number of hydrogen-bond donors (Lipinski definition) is 2. The maximum atomic E-state index is 12.0. The Kier molecular flexibility index (Phi) is 4.27. The van der Waals surface area contributed by atoms with Crippen molar-refractivity contribution in [3.05, 3.63) is 29.3 Å². The Hall–Kier alpha value is -2.04.